The number of para-hydroxylation sites is 1. The van der Waals surface area contributed by atoms with Gasteiger partial charge < -0.3 is 10.1 Å². The van der Waals surface area contributed by atoms with Crippen LogP contribution in [0.25, 0.3) is 0 Å². The van der Waals surface area contributed by atoms with E-state index < -0.39 is 30.9 Å². The summed E-state index contributed by atoms with van der Waals surface area (Å²) in [6.07, 6.45) is 0. The van der Waals surface area contributed by atoms with E-state index in [4.69, 9.17) is 21.6 Å². The molecular weight excluding hydrogens is 370 g/mol. The number of anilines is 1. The molecule has 0 saturated carbocycles. The maximum atomic E-state index is 12.2. The summed E-state index contributed by atoms with van der Waals surface area (Å²) in [6.45, 7) is -1.10. The Kier molecular flexibility index (Phi) is 7.35. The van der Waals surface area contributed by atoms with Crippen LogP contribution in [0, 0.1) is 11.3 Å². The molecule has 0 aliphatic carbocycles. The number of carbonyl (C=O) groups is 3. The zero-order valence-electron chi connectivity index (χ0n) is 14.2. The maximum absolute atomic E-state index is 12.2. The number of rotatable bonds is 7. The van der Waals surface area contributed by atoms with Crippen LogP contribution in [0.1, 0.15) is 10.4 Å². The Balaban J connectivity index is 1.83. The first-order valence-corrected chi connectivity index (χ1v) is 8.31. The molecule has 0 aliphatic heterocycles. The van der Waals surface area contributed by atoms with Crippen LogP contribution in [0.4, 0.5) is 5.69 Å². The number of ether oxygens (including phenoxy) is 1. The van der Waals surface area contributed by atoms with E-state index in [1.165, 1.54) is 17.0 Å². The van der Waals surface area contributed by atoms with Crippen molar-refractivity contribution in [3.8, 4) is 6.07 Å². The van der Waals surface area contributed by atoms with Gasteiger partial charge >= 0.3 is 5.97 Å². The van der Waals surface area contributed by atoms with Crippen molar-refractivity contribution in [2.75, 3.05) is 24.6 Å². The van der Waals surface area contributed by atoms with Gasteiger partial charge in [0.2, 0.25) is 0 Å². The monoisotopic (exact) mass is 385 g/mol. The van der Waals surface area contributed by atoms with Crippen molar-refractivity contribution in [1.29, 1.82) is 5.26 Å². The van der Waals surface area contributed by atoms with Crippen LogP contribution in [0.2, 0.25) is 5.02 Å². The molecule has 1 N–H and O–H groups in total. The summed E-state index contributed by atoms with van der Waals surface area (Å²) in [4.78, 5) is 37.1. The van der Waals surface area contributed by atoms with Gasteiger partial charge in [0.1, 0.15) is 13.1 Å². The number of hydrogen-bond acceptors (Lipinski definition) is 5. The number of halogens is 1. The van der Waals surface area contributed by atoms with E-state index in [0.717, 1.165) is 0 Å². The van der Waals surface area contributed by atoms with E-state index in [9.17, 15) is 14.4 Å². The van der Waals surface area contributed by atoms with E-state index in [2.05, 4.69) is 5.32 Å². The van der Waals surface area contributed by atoms with E-state index >= 15 is 0 Å². The van der Waals surface area contributed by atoms with Gasteiger partial charge in [-0.05, 0) is 36.4 Å². The summed E-state index contributed by atoms with van der Waals surface area (Å²) in [7, 11) is 0. The molecule has 0 spiro atoms. The zero-order chi connectivity index (χ0) is 19.6. The SMILES string of the molecule is N#CCN(C(=O)COC(=O)CNC(=O)c1ccc(Cl)cc1)c1ccccc1. The highest BCUT2D eigenvalue weighted by Crippen LogP contribution is 2.13. The summed E-state index contributed by atoms with van der Waals surface area (Å²) >= 11 is 5.75. The number of benzene rings is 2. The van der Waals surface area contributed by atoms with E-state index in [-0.39, 0.29) is 6.54 Å². The molecule has 0 aromatic heterocycles. The molecule has 27 heavy (non-hydrogen) atoms. The highest BCUT2D eigenvalue weighted by atomic mass is 35.5. The van der Waals surface area contributed by atoms with Crippen molar-refractivity contribution in [2.45, 2.75) is 0 Å². The third-order valence-corrected chi connectivity index (χ3v) is 3.71. The average molecular weight is 386 g/mol. The lowest BCUT2D eigenvalue weighted by molar-refractivity contribution is -0.146. The van der Waals surface area contributed by atoms with Crippen molar-refractivity contribution in [2.24, 2.45) is 0 Å². The number of esters is 1. The third kappa shape index (κ3) is 6.13. The van der Waals surface area contributed by atoms with Gasteiger partial charge in [0.05, 0.1) is 6.07 Å². The first kappa shape index (κ1) is 19.9. The number of carbonyl (C=O) groups excluding carboxylic acids is 3. The fourth-order valence-corrected chi connectivity index (χ4v) is 2.26. The number of amides is 2. The molecular formula is C19H16ClN3O4. The van der Waals surface area contributed by atoms with Crippen LogP contribution in [-0.2, 0) is 14.3 Å². The van der Waals surface area contributed by atoms with Gasteiger partial charge in [-0.3, -0.25) is 19.3 Å². The highest BCUT2D eigenvalue weighted by molar-refractivity contribution is 6.30. The van der Waals surface area contributed by atoms with Crippen LogP contribution in [0.5, 0.6) is 0 Å². The average Bonchev–Trinajstić information content (AvgIpc) is 2.69. The predicted molar refractivity (Wildman–Crippen MR) is 99.2 cm³/mol. The topological polar surface area (TPSA) is 99.5 Å². The Hall–Kier alpha value is -3.37. The van der Waals surface area contributed by atoms with E-state index in [0.29, 0.717) is 16.3 Å². The second kappa shape index (κ2) is 9.94. The van der Waals surface area contributed by atoms with Crippen molar-refractivity contribution >= 4 is 35.1 Å². The van der Waals surface area contributed by atoms with E-state index in [1.54, 1.807) is 42.5 Å². The molecule has 0 bridgehead atoms. The summed E-state index contributed by atoms with van der Waals surface area (Å²) in [5, 5.41) is 11.8. The second-order valence-electron chi connectivity index (χ2n) is 5.32. The van der Waals surface area contributed by atoms with Gasteiger partial charge in [-0.1, -0.05) is 29.8 Å². The number of nitrogens with zero attached hydrogens (tertiary/aromatic N) is 2. The lowest BCUT2D eigenvalue weighted by Gasteiger charge is -2.19. The lowest BCUT2D eigenvalue weighted by atomic mass is 10.2. The number of nitriles is 1. The molecule has 8 heteroatoms. The molecule has 0 heterocycles. The fraction of sp³-hybridized carbons (Fsp3) is 0.158. The van der Waals surface area contributed by atoms with Crippen LogP contribution < -0.4 is 10.2 Å². The maximum Gasteiger partial charge on any atom is 0.325 e. The summed E-state index contributed by atoms with van der Waals surface area (Å²) < 4.78 is 4.88. The zero-order valence-corrected chi connectivity index (χ0v) is 15.0. The molecule has 2 aromatic rings. The lowest BCUT2D eigenvalue weighted by Crippen LogP contribution is -2.37. The molecule has 7 nitrogen and oxygen atoms in total. The molecule has 2 rings (SSSR count). The van der Waals surface area contributed by atoms with Gasteiger partial charge in [0.25, 0.3) is 11.8 Å². The smallest absolute Gasteiger partial charge is 0.325 e. The van der Waals surface area contributed by atoms with E-state index in [1.807, 2.05) is 6.07 Å². The van der Waals surface area contributed by atoms with Crippen LogP contribution in [0.3, 0.4) is 0 Å². The minimum atomic E-state index is -0.768. The minimum absolute atomic E-state index is 0.173. The molecule has 138 valence electrons. The van der Waals surface area contributed by atoms with Crippen molar-refractivity contribution in [3.05, 3.63) is 65.2 Å². The fourth-order valence-electron chi connectivity index (χ4n) is 2.13. The predicted octanol–water partition coefficient (Wildman–Crippen LogP) is 2.17. The molecule has 0 unspecified atom stereocenters. The Morgan fingerprint density at radius 1 is 1.07 bits per heavy atom. The second-order valence-corrected chi connectivity index (χ2v) is 5.76. The Morgan fingerprint density at radius 3 is 2.37 bits per heavy atom. The largest absolute Gasteiger partial charge is 0.454 e. The molecule has 2 aromatic carbocycles. The molecule has 0 atom stereocenters. The minimum Gasteiger partial charge on any atom is -0.454 e. The van der Waals surface area contributed by atoms with Crippen LogP contribution in [0.15, 0.2) is 54.6 Å². The summed E-state index contributed by atoms with van der Waals surface area (Å²) in [6, 6.07) is 16.6. The van der Waals surface area contributed by atoms with Gasteiger partial charge in [-0.25, -0.2) is 0 Å². The normalized spacial score (nSPS) is 9.78. The molecule has 0 aliphatic rings. The first-order chi connectivity index (χ1) is 13.0. The van der Waals surface area contributed by atoms with Gasteiger partial charge in [0.15, 0.2) is 6.61 Å². The summed E-state index contributed by atoms with van der Waals surface area (Å²) in [5.74, 6) is -1.78. The van der Waals surface area contributed by atoms with Gasteiger partial charge in [-0.2, -0.15) is 5.26 Å². The molecule has 2 amide bonds. The number of hydrogen-bond donors (Lipinski definition) is 1. The van der Waals surface area contributed by atoms with Crippen molar-refractivity contribution in [1.82, 2.24) is 5.32 Å². The quantitative estimate of drug-likeness (QED) is 0.581. The van der Waals surface area contributed by atoms with Crippen LogP contribution in [-0.4, -0.2) is 37.5 Å². The van der Waals surface area contributed by atoms with Gasteiger partial charge in [0, 0.05) is 16.3 Å². The van der Waals surface area contributed by atoms with Crippen LogP contribution >= 0.6 is 11.6 Å². The van der Waals surface area contributed by atoms with Gasteiger partial charge in [-0.15, -0.1) is 0 Å². The summed E-state index contributed by atoms with van der Waals surface area (Å²) in [5.41, 5.74) is 0.865. The van der Waals surface area contributed by atoms with Crippen molar-refractivity contribution < 1.29 is 19.1 Å². The van der Waals surface area contributed by atoms with Crippen molar-refractivity contribution in [3.63, 3.8) is 0 Å². The first-order valence-electron chi connectivity index (χ1n) is 7.93. The Morgan fingerprint density at radius 2 is 1.74 bits per heavy atom. The Labute approximate surface area is 161 Å². The standard InChI is InChI=1S/C19H16ClN3O4/c20-15-8-6-14(7-9-15)19(26)22-12-18(25)27-13-17(24)23(11-10-21)16-4-2-1-3-5-16/h1-9H,11-13H2,(H,22,26). The molecule has 0 radical (unpaired) electrons. The molecule has 0 fully saturated rings. The Bertz CT molecular complexity index is 848. The highest BCUT2D eigenvalue weighted by Gasteiger charge is 2.17. The third-order valence-electron chi connectivity index (χ3n) is 3.45. The number of nitrogens with one attached hydrogen (secondary N) is 1. The molecule has 0 saturated heterocycles.